The third-order valence-electron chi connectivity index (χ3n) is 5.77. The molecule has 0 saturated heterocycles. The molecular weight excluding hydrogens is 481 g/mol. The van der Waals surface area contributed by atoms with Gasteiger partial charge in [0.15, 0.2) is 0 Å². The van der Waals surface area contributed by atoms with Crippen molar-refractivity contribution in [1.82, 2.24) is 9.71 Å². The van der Waals surface area contributed by atoms with Crippen LogP contribution >= 0.6 is 0 Å². The third kappa shape index (κ3) is 6.09. The van der Waals surface area contributed by atoms with Crippen LogP contribution in [0, 0.1) is 5.82 Å². The quantitative estimate of drug-likeness (QED) is 0.431. The number of anilines is 1. The van der Waals surface area contributed by atoms with Crippen LogP contribution in [-0.2, 0) is 15.6 Å². The molecule has 0 bridgehead atoms. The largest absolute Gasteiger partial charge is 0.386 e. The summed E-state index contributed by atoms with van der Waals surface area (Å²) in [6.45, 7) is 10.4. The lowest BCUT2D eigenvalue weighted by molar-refractivity contribution is 0.0784. The van der Waals surface area contributed by atoms with Gasteiger partial charge in [-0.05, 0) is 98.3 Å². The summed E-state index contributed by atoms with van der Waals surface area (Å²) < 4.78 is 43.1. The predicted octanol–water partition coefficient (Wildman–Crippen LogP) is 5.55. The number of aliphatic hydroxyl groups is 1. The standard InChI is InChI=1S/C27H32FN3O4S/c1-17(2)24-8-7-22(28)16-25(24)31(18(3)4)26(32)30-36(34,35)23-14-20(19-9-11-29-12-10-19)13-21(15-23)27(5,6)33/h7-18,33H,1-6H3,(H,30,32). The fourth-order valence-electron chi connectivity index (χ4n) is 3.88. The molecule has 1 aromatic heterocycles. The van der Waals surface area contributed by atoms with Crippen LogP contribution in [0.15, 0.2) is 65.8 Å². The van der Waals surface area contributed by atoms with Crippen molar-refractivity contribution in [2.24, 2.45) is 0 Å². The summed E-state index contributed by atoms with van der Waals surface area (Å²) in [7, 11) is -4.36. The molecule has 36 heavy (non-hydrogen) atoms. The highest BCUT2D eigenvalue weighted by Crippen LogP contribution is 2.32. The summed E-state index contributed by atoms with van der Waals surface area (Å²) in [6.07, 6.45) is 3.15. The van der Waals surface area contributed by atoms with E-state index in [1.165, 1.54) is 29.2 Å². The highest BCUT2D eigenvalue weighted by atomic mass is 32.2. The Bertz CT molecular complexity index is 1350. The van der Waals surface area contributed by atoms with E-state index in [0.717, 1.165) is 0 Å². The molecule has 0 fully saturated rings. The molecule has 2 N–H and O–H groups in total. The summed E-state index contributed by atoms with van der Waals surface area (Å²) >= 11 is 0. The normalized spacial score (nSPS) is 12.2. The lowest BCUT2D eigenvalue weighted by Gasteiger charge is -2.30. The van der Waals surface area contributed by atoms with Gasteiger partial charge in [-0.25, -0.2) is 22.3 Å². The molecule has 9 heteroatoms. The lowest BCUT2D eigenvalue weighted by atomic mass is 9.94. The van der Waals surface area contributed by atoms with Crippen molar-refractivity contribution in [3.8, 4) is 11.1 Å². The van der Waals surface area contributed by atoms with Gasteiger partial charge in [0, 0.05) is 18.4 Å². The molecule has 0 spiro atoms. The number of carbonyl (C=O) groups excluding carboxylic acids is 1. The van der Waals surface area contributed by atoms with E-state index in [0.29, 0.717) is 27.9 Å². The molecule has 7 nitrogen and oxygen atoms in total. The first-order valence-electron chi connectivity index (χ1n) is 11.6. The van der Waals surface area contributed by atoms with Gasteiger partial charge in [0.25, 0.3) is 10.0 Å². The maximum absolute atomic E-state index is 14.2. The van der Waals surface area contributed by atoms with E-state index >= 15 is 0 Å². The average Bonchev–Trinajstić information content (AvgIpc) is 2.78. The zero-order valence-corrected chi connectivity index (χ0v) is 22.1. The Kier molecular flexibility index (Phi) is 7.85. The van der Waals surface area contributed by atoms with Crippen LogP contribution in [-0.4, -0.2) is 30.6 Å². The molecule has 3 rings (SSSR count). The first-order valence-corrected chi connectivity index (χ1v) is 13.1. The van der Waals surface area contributed by atoms with Crippen LogP contribution in [0.1, 0.15) is 58.6 Å². The molecule has 1 heterocycles. The average molecular weight is 514 g/mol. The van der Waals surface area contributed by atoms with Crippen molar-refractivity contribution in [2.75, 3.05) is 4.90 Å². The molecule has 0 aliphatic heterocycles. The smallest absolute Gasteiger partial charge is 0.336 e. The zero-order chi connectivity index (χ0) is 26.8. The van der Waals surface area contributed by atoms with Crippen molar-refractivity contribution < 1.29 is 22.7 Å². The first-order chi connectivity index (χ1) is 16.7. The van der Waals surface area contributed by atoms with Crippen molar-refractivity contribution >= 4 is 21.7 Å². The highest BCUT2D eigenvalue weighted by molar-refractivity contribution is 7.90. The van der Waals surface area contributed by atoms with Gasteiger partial charge in [0.2, 0.25) is 0 Å². The van der Waals surface area contributed by atoms with Crippen molar-refractivity contribution in [1.29, 1.82) is 0 Å². The number of nitrogens with one attached hydrogen (secondary N) is 1. The Labute approximate surface area is 212 Å². The number of carbonyl (C=O) groups is 1. The van der Waals surface area contributed by atoms with Crippen molar-refractivity contribution in [3.05, 3.63) is 77.9 Å². The highest BCUT2D eigenvalue weighted by Gasteiger charge is 2.29. The second-order valence-corrected chi connectivity index (χ2v) is 11.5. The van der Waals surface area contributed by atoms with E-state index in [2.05, 4.69) is 9.71 Å². The molecule has 0 aliphatic rings. The SMILES string of the molecule is CC(C)c1ccc(F)cc1N(C(=O)NS(=O)(=O)c1cc(-c2ccncc2)cc(C(C)(C)O)c1)C(C)C. The summed E-state index contributed by atoms with van der Waals surface area (Å²) in [5.74, 6) is -0.562. The van der Waals surface area contributed by atoms with Gasteiger partial charge in [-0.3, -0.25) is 9.88 Å². The number of hydrogen-bond acceptors (Lipinski definition) is 5. The lowest BCUT2D eigenvalue weighted by Crippen LogP contribution is -2.47. The monoisotopic (exact) mass is 513 g/mol. The number of hydrogen-bond donors (Lipinski definition) is 2. The maximum Gasteiger partial charge on any atom is 0.336 e. The van der Waals surface area contributed by atoms with Crippen LogP contribution < -0.4 is 9.62 Å². The summed E-state index contributed by atoms with van der Waals surface area (Å²) in [6, 6.07) is 10.7. The summed E-state index contributed by atoms with van der Waals surface area (Å²) in [5, 5.41) is 10.6. The molecular formula is C27H32FN3O4S. The fourth-order valence-corrected chi connectivity index (χ4v) is 4.89. The van der Waals surface area contributed by atoms with Gasteiger partial charge < -0.3 is 5.11 Å². The molecule has 0 radical (unpaired) electrons. The topological polar surface area (TPSA) is 99.6 Å². The van der Waals surface area contributed by atoms with Gasteiger partial charge in [-0.1, -0.05) is 19.9 Å². The first kappa shape index (κ1) is 27.3. The van der Waals surface area contributed by atoms with Gasteiger partial charge in [0.05, 0.1) is 16.2 Å². The number of nitrogens with zero attached hydrogens (tertiary/aromatic N) is 2. The van der Waals surface area contributed by atoms with Gasteiger partial charge in [-0.2, -0.15) is 0 Å². The van der Waals surface area contributed by atoms with Crippen LogP contribution in [0.25, 0.3) is 11.1 Å². The van der Waals surface area contributed by atoms with Gasteiger partial charge in [-0.15, -0.1) is 0 Å². The number of rotatable bonds is 7. The van der Waals surface area contributed by atoms with E-state index in [1.807, 2.05) is 13.8 Å². The Morgan fingerprint density at radius 1 is 1.00 bits per heavy atom. The van der Waals surface area contributed by atoms with Crippen LogP contribution in [0.5, 0.6) is 0 Å². The van der Waals surface area contributed by atoms with Crippen molar-refractivity contribution in [3.63, 3.8) is 0 Å². The van der Waals surface area contributed by atoms with Gasteiger partial charge >= 0.3 is 6.03 Å². The van der Waals surface area contributed by atoms with Crippen LogP contribution in [0.4, 0.5) is 14.9 Å². The minimum Gasteiger partial charge on any atom is -0.386 e. The number of benzene rings is 2. The van der Waals surface area contributed by atoms with E-state index < -0.39 is 33.5 Å². The predicted molar refractivity (Wildman–Crippen MR) is 139 cm³/mol. The zero-order valence-electron chi connectivity index (χ0n) is 21.3. The molecule has 3 aromatic rings. The molecule has 0 aliphatic carbocycles. The number of sulfonamides is 1. The molecule has 0 atom stereocenters. The van der Waals surface area contributed by atoms with E-state index in [1.54, 1.807) is 64.4 Å². The molecule has 0 saturated carbocycles. The Morgan fingerprint density at radius 2 is 1.64 bits per heavy atom. The van der Waals surface area contributed by atoms with Crippen LogP contribution in [0.3, 0.4) is 0 Å². The minimum absolute atomic E-state index is 0.0300. The second kappa shape index (κ2) is 10.4. The van der Waals surface area contributed by atoms with Crippen molar-refractivity contribution in [2.45, 2.75) is 64.0 Å². The third-order valence-corrected chi connectivity index (χ3v) is 7.07. The Morgan fingerprint density at radius 3 is 2.19 bits per heavy atom. The number of aromatic nitrogens is 1. The van der Waals surface area contributed by atoms with Crippen LogP contribution in [0.2, 0.25) is 0 Å². The summed E-state index contributed by atoms with van der Waals surface area (Å²) in [5.41, 5.74) is 1.27. The second-order valence-electron chi connectivity index (χ2n) is 9.77. The summed E-state index contributed by atoms with van der Waals surface area (Å²) in [4.78, 5) is 18.4. The molecule has 2 amide bonds. The molecule has 192 valence electrons. The Balaban J connectivity index is 2.07. The molecule has 0 unspecified atom stereocenters. The number of pyridine rings is 1. The van der Waals surface area contributed by atoms with E-state index in [9.17, 15) is 22.7 Å². The number of amides is 2. The minimum atomic E-state index is -4.36. The maximum atomic E-state index is 14.2. The number of urea groups is 1. The van der Waals surface area contributed by atoms with E-state index in [-0.39, 0.29) is 10.8 Å². The number of halogens is 1. The fraction of sp³-hybridized carbons (Fsp3) is 0.333. The van der Waals surface area contributed by atoms with Gasteiger partial charge in [0.1, 0.15) is 5.82 Å². The Hall–Kier alpha value is -3.30. The van der Waals surface area contributed by atoms with E-state index in [4.69, 9.17) is 0 Å². The molecule has 2 aromatic carbocycles.